The standard InChI is InChI=1S/C87H164O12/c1-7-13-19-25-34-48-60-72-84(90)96-78(64-52-22-16-10-4)67-55-43-37-28-31-40-46-58-70-82(88)94-76-81(99-87(93)75-63-51-42-33-30-39-45-57-69-80(66-54-24-18-12-6)98-86(92)74-62-50-36-27-21-15-9-3)77-95-83(89)71-59-47-41-32-29-38-44-56-68-79(65-53-23-17-11-5)97-85(91)73-61-49-35-26-20-14-8-2/h78-81H,7-77H2,1-6H3. The maximum Gasteiger partial charge on any atom is 0.306 e. The first-order valence-electron chi connectivity index (χ1n) is 43.6. The first kappa shape index (κ1) is 95.8. The highest BCUT2D eigenvalue weighted by molar-refractivity contribution is 5.71. The van der Waals surface area contributed by atoms with Gasteiger partial charge in [-0.05, 0) is 116 Å². The SMILES string of the molecule is CCCCCCCCCC(=O)OC(CCCCCC)CCCCCCCCCCC(=O)OCC(COC(=O)CCCCCCCCCCC(CCCCCC)OC(=O)CCCCCCCCC)OC(=O)CCCCCCCCCCC(CCCCCC)OC(=O)CCCCCCCCC. The van der Waals surface area contributed by atoms with Gasteiger partial charge >= 0.3 is 35.8 Å². The van der Waals surface area contributed by atoms with E-state index in [2.05, 4.69) is 41.5 Å². The van der Waals surface area contributed by atoms with Crippen LogP contribution in [0, 0.1) is 0 Å². The van der Waals surface area contributed by atoms with Crippen molar-refractivity contribution in [2.24, 2.45) is 0 Å². The summed E-state index contributed by atoms with van der Waals surface area (Å²) < 4.78 is 35.3. The number of rotatable bonds is 80. The van der Waals surface area contributed by atoms with Crippen LogP contribution in [0.2, 0.25) is 0 Å². The maximum atomic E-state index is 13.2. The molecule has 0 radical (unpaired) electrons. The molecule has 0 aliphatic rings. The number of carbonyl (C=O) groups excluding carboxylic acids is 6. The van der Waals surface area contributed by atoms with Crippen molar-refractivity contribution in [1.82, 2.24) is 0 Å². The van der Waals surface area contributed by atoms with Crippen molar-refractivity contribution in [1.29, 1.82) is 0 Å². The minimum Gasteiger partial charge on any atom is -0.462 e. The lowest BCUT2D eigenvalue weighted by Gasteiger charge is -2.18. The second-order valence-electron chi connectivity index (χ2n) is 30.1. The lowest BCUT2D eigenvalue weighted by Crippen LogP contribution is -2.30. The minimum absolute atomic E-state index is 0.0128. The lowest BCUT2D eigenvalue weighted by molar-refractivity contribution is -0.167. The summed E-state index contributed by atoms with van der Waals surface area (Å²) in [6, 6.07) is 0. The molecule has 0 N–H and O–H groups in total. The van der Waals surface area contributed by atoms with E-state index in [1.807, 2.05) is 0 Å². The maximum absolute atomic E-state index is 13.2. The van der Waals surface area contributed by atoms with Crippen LogP contribution >= 0.6 is 0 Å². The highest BCUT2D eigenvalue weighted by Gasteiger charge is 2.21. The van der Waals surface area contributed by atoms with E-state index < -0.39 is 6.10 Å². The van der Waals surface area contributed by atoms with Crippen LogP contribution in [0.25, 0.3) is 0 Å². The van der Waals surface area contributed by atoms with Crippen LogP contribution in [-0.4, -0.2) is 73.4 Å². The molecule has 0 rings (SSSR count). The summed E-state index contributed by atoms with van der Waals surface area (Å²) in [4.78, 5) is 77.5. The van der Waals surface area contributed by atoms with E-state index >= 15 is 0 Å². The van der Waals surface area contributed by atoms with Gasteiger partial charge in [-0.1, -0.05) is 330 Å². The molecule has 12 nitrogen and oxygen atoms in total. The number of hydrogen-bond acceptors (Lipinski definition) is 12. The molecule has 0 saturated heterocycles. The Bertz CT molecular complexity index is 1690. The Hall–Kier alpha value is -3.18. The van der Waals surface area contributed by atoms with E-state index in [1.165, 1.54) is 154 Å². The molecule has 0 spiro atoms. The van der Waals surface area contributed by atoms with Crippen LogP contribution < -0.4 is 0 Å². The Morgan fingerprint density at radius 3 is 0.505 bits per heavy atom. The Morgan fingerprint density at radius 2 is 0.313 bits per heavy atom. The van der Waals surface area contributed by atoms with Crippen molar-refractivity contribution in [2.45, 2.75) is 509 Å². The molecule has 3 atom stereocenters. The number of esters is 6. The van der Waals surface area contributed by atoms with Crippen LogP contribution in [0.1, 0.15) is 485 Å². The second-order valence-corrected chi connectivity index (χ2v) is 30.1. The molecule has 584 valence electrons. The van der Waals surface area contributed by atoms with Gasteiger partial charge in [0.15, 0.2) is 6.10 Å². The van der Waals surface area contributed by atoms with Crippen LogP contribution in [0.3, 0.4) is 0 Å². The molecule has 0 bridgehead atoms. The fourth-order valence-electron chi connectivity index (χ4n) is 13.6. The predicted molar refractivity (Wildman–Crippen MR) is 414 cm³/mol. The first-order valence-corrected chi connectivity index (χ1v) is 43.6. The number of ether oxygens (including phenoxy) is 6. The topological polar surface area (TPSA) is 158 Å². The van der Waals surface area contributed by atoms with Gasteiger partial charge in [-0.3, -0.25) is 28.8 Å². The van der Waals surface area contributed by atoms with Gasteiger partial charge in [0.25, 0.3) is 0 Å². The Labute approximate surface area is 612 Å². The highest BCUT2D eigenvalue weighted by atomic mass is 16.6. The average molecular weight is 1400 g/mol. The molecule has 3 unspecified atom stereocenters. The smallest absolute Gasteiger partial charge is 0.306 e. The summed E-state index contributed by atoms with van der Waals surface area (Å²) in [7, 11) is 0. The number of hydrogen-bond donors (Lipinski definition) is 0. The third-order valence-electron chi connectivity index (χ3n) is 20.1. The van der Waals surface area contributed by atoms with Crippen LogP contribution in [0.15, 0.2) is 0 Å². The highest BCUT2D eigenvalue weighted by Crippen LogP contribution is 2.23. The molecule has 99 heavy (non-hydrogen) atoms. The lowest BCUT2D eigenvalue weighted by atomic mass is 10.0. The van der Waals surface area contributed by atoms with E-state index in [1.54, 1.807) is 0 Å². The largest absolute Gasteiger partial charge is 0.462 e. The van der Waals surface area contributed by atoms with Gasteiger partial charge in [0.1, 0.15) is 31.5 Å². The normalized spacial score (nSPS) is 12.7. The number of carbonyl (C=O) groups is 6. The fourth-order valence-corrected chi connectivity index (χ4v) is 13.6. The average Bonchev–Trinajstić information content (AvgIpc) is 1.61. The van der Waals surface area contributed by atoms with Gasteiger partial charge in [0.2, 0.25) is 0 Å². The summed E-state index contributed by atoms with van der Waals surface area (Å²) in [5.74, 6) is -1.06. The summed E-state index contributed by atoms with van der Waals surface area (Å²) in [6.07, 6.45) is 72.0. The summed E-state index contributed by atoms with van der Waals surface area (Å²) in [6.45, 7) is 13.1. The Balaban J connectivity index is 5.01. The van der Waals surface area contributed by atoms with E-state index in [4.69, 9.17) is 28.4 Å². The second kappa shape index (κ2) is 77.4. The number of unbranched alkanes of at least 4 members (excludes halogenated alkanes) is 48. The quantitative estimate of drug-likeness (QED) is 0.0323. The molecule has 0 heterocycles. The van der Waals surface area contributed by atoms with Crippen molar-refractivity contribution in [3.8, 4) is 0 Å². The van der Waals surface area contributed by atoms with Crippen molar-refractivity contribution in [3.63, 3.8) is 0 Å². The van der Waals surface area contributed by atoms with Gasteiger partial charge in [0.05, 0.1) is 0 Å². The van der Waals surface area contributed by atoms with Crippen LogP contribution in [-0.2, 0) is 57.2 Å². The monoisotopic (exact) mass is 1400 g/mol. The Morgan fingerprint density at radius 1 is 0.172 bits per heavy atom. The summed E-state index contributed by atoms with van der Waals surface area (Å²) in [5, 5.41) is 0. The molecule has 0 aliphatic carbocycles. The molecular weight excluding hydrogens is 1240 g/mol. The molecule has 0 aromatic heterocycles. The van der Waals surface area contributed by atoms with Crippen molar-refractivity contribution >= 4 is 35.8 Å². The molecule has 0 fully saturated rings. The molecular formula is C87H164O12. The first-order chi connectivity index (χ1) is 48.5. The minimum atomic E-state index is -0.855. The van der Waals surface area contributed by atoms with Crippen molar-refractivity contribution < 1.29 is 57.2 Å². The van der Waals surface area contributed by atoms with E-state index in [9.17, 15) is 28.8 Å². The van der Waals surface area contributed by atoms with Gasteiger partial charge < -0.3 is 28.4 Å². The van der Waals surface area contributed by atoms with E-state index in [-0.39, 0.29) is 73.8 Å². The third kappa shape index (κ3) is 71.6. The zero-order valence-electron chi connectivity index (χ0n) is 66.4. The van der Waals surface area contributed by atoms with Gasteiger partial charge in [-0.25, -0.2) is 0 Å². The summed E-state index contributed by atoms with van der Waals surface area (Å²) in [5.41, 5.74) is 0. The van der Waals surface area contributed by atoms with Crippen molar-refractivity contribution in [3.05, 3.63) is 0 Å². The molecule has 0 aromatic rings. The Kier molecular flexibility index (Phi) is 74.9. The molecule has 0 aliphatic heterocycles. The van der Waals surface area contributed by atoms with Gasteiger partial charge in [-0.2, -0.15) is 0 Å². The molecule has 12 heteroatoms. The van der Waals surface area contributed by atoms with Crippen LogP contribution in [0.5, 0.6) is 0 Å². The molecule has 0 saturated carbocycles. The molecule has 0 amide bonds. The third-order valence-corrected chi connectivity index (χ3v) is 20.1. The van der Waals surface area contributed by atoms with Crippen LogP contribution in [0.4, 0.5) is 0 Å². The fraction of sp³-hybridized carbons (Fsp3) is 0.931. The van der Waals surface area contributed by atoms with Crippen molar-refractivity contribution in [2.75, 3.05) is 13.2 Å². The summed E-state index contributed by atoms with van der Waals surface area (Å²) >= 11 is 0. The molecule has 0 aromatic carbocycles. The van der Waals surface area contributed by atoms with Gasteiger partial charge in [0, 0.05) is 38.5 Å². The zero-order chi connectivity index (χ0) is 72.2. The van der Waals surface area contributed by atoms with Gasteiger partial charge in [-0.15, -0.1) is 0 Å². The van der Waals surface area contributed by atoms with E-state index in [0.717, 1.165) is 244 Å². The predicted octanol–water partition coefficient (Wildman–Crippen LogP) is 26.8. The van der Waals surface area contributed by atoms with E-state index in [0.29, 0.717) is 38.5 Å². The zero-order valence-corrected chi connectivity index (χ0v) is 66.4.